The van der Waals surface area contributed by atoms with Gasteiger partial charge in [0.2, 0.25) is 11.9 Å². The van der Waals surface area contributed by atoms with Gasteiger partial charge in [0.15, 0.2) is 0 Å². The standard InChI is InChI=1S/C48H29N3S.C42H25N3S/c1-2-10-30(11-3-1)31-18-21-33(22-19-31)47-37-13-4-7-15-41(37)49-48(50-47)51-42-16-8-5-14-38(42)46-39-28-34(23-20-32(39)24-26-43(46)51)35-25-27-45-40(29-35)36-12-6-9-17-44(36)52-45;1-2-10-27(11-3-1)41-31-13-4-7-15-35(31)43-42(44-41)45-36-16-8-5-14-32(36)40-33-24-28(19-18-26(33)20-22-37(40)45)29-21-23-39-34(25-29)30-12-6-9-17-38(30)46-39/h1-29H;1-25H. The van der Waals surface area contributed by atoms with Gasteiger partial charge in [-0.3, -0.25) is 9.13 Å². The molecule has 0 aliphatic rings. The molecule has 21 aromatic rings. The summed E-state index contributed by atoms with van der Waals surface area (Å²) < 4.78 is 9.77. The first-order chi connectivity index (χ1) is 48.6. The van der Waals surface area contributed by atoms with Crippen LogP contribution in [0.2, 0.25) is 0 Å². The van der Waals surface area contributed by atoms with Crippen molar-refractivity contribution in [3.8, 4) is 67.8 Å². The number of nitrogens with zero attached hydrogens (tertiary/aromatic N) is 6. The van der Waals surface area contributed by atoms with Gasteiger partial charge in [-0.1, -0.05) is 243 Å². The second-order valence-corrected chi connectivity index (χ2v) is 27.4. The molecule has 6 aromatic heterocycles. The van der Waals surface area contributed by atoms with Crippen molar-refractivity contribution in [2.75, 3.05) is 0 Å². The number of fused-ring (bicyclic) bond motifs is 18. The first-order valence-electron chi connectivity index (χ1n) is 33.1. The minimum Gasteiger partial charge on any atom is -0.278 e. The molecule has 0 atom stereocenters. The summed E-state index contributed by atoms with van der Waals surface area (Å²) in [5.41, 5.74) is 17.4. The number of hydrogen-bond acceptors (Lipinski definition) is 6. The molecule has 21 rings (SSSR count). The minimum atomic E-state index is 0.664. The average molecular weight is 1280 g/mol. The monoisotopic (exact) mass is 1280 g/mol. The molecule has 0 bridgehead atoms. The van der Waals surface area contributed by atoms with E-state index in [4.69, 9.17) is 19.9 Å². The number of aromatic nitrogens is 6. The van der Waals surface area contributed by atoms with Crippen LogP contribution in [-0.4, -0.2) is 29.1 Å². The fourth-order valence-corrected chi connectivity index (χ4v) is 17.2. The van der Waals surface area contributed by atoms with E-state index < -0.39 is 0 Å². The molecule has 6 heterocycles. The highest BCUT2D eigenvalue weighted by Crippen LogP contribution is 2.44. The van der Waals surface area contributed by atoms with Gasteiger partial charge in [0.1, 0.15) is 0 Å². The van der Waals surface area contributed by atoms with Crippen LogP contribution in [0.3, 0.4) is 0 Å². The van der Waals surface area contributed by atoms with Gasteiger partial charge in [-0.25, -0.2) is 19.9 Å². The van der Waals surface area contributed by atoms with Gasteiger partial charge >= 0.3 is 0 Å². The Morgan fingerprint density at radius 1 is 0.204 bits per heavy atom. The van der Waals surface area contributed by atoms with E-state index in [0.29, 0.717) is 11.9 Å². The third-order valence-corrected chi connectivity index (χ3v) is 21.9. The Hall–Kier alpha value is -12.5. The van der Waals surface area contributed by atoms with Crippen molar-refractivity contribution in [2.45, 2.75) is 0 Å². The highest BCUT2D eigenvalue weighted by Gasteiger charge is 2.22. The van der Waals surface area contributed by atoms with Crippen LogP contribution in [0.25, 0.3) is 195 Å². The van der Waals surface area contributed by atoms with E-state index in [1.54, 1.807) is 0 Å². The van der Waals surface area contributed by atoms with Gasteiger partial charge in [-0.15, -0.1) is 22.7 Å². The number of para-hydroxylation sites is 4. The van der Waals surface area contributed by atoms with Crippen molar-refractivity contribution >= 4 is 150 Å². The zero-order valence-corrected chi connectivity index (χ0v) is 54.3. The normalized spacial score (nSPS) is 11.9. The smallest absolute Gasteiger partial charge is 0.235 e. The van der Waals surface area contributed by atoms with Crippen LogP contribution >= 0.6 is 22.7 Å². The van der Waals surface area contributed by atoms with E-state index in [2.05, 4.69) is 325 Å². The highest BCUT2D eigenvalue weighted by molar-refractivity contribution is 7.26. The Kier molecular flexibility index (Phi) is 12.9. The molecule has 0 unspecified atom stereocenters. The van der Waals surface area contributed by atoms with Gasteiger partial charge < -0.3 is 0 Å². The number of rotatable bonds is 7. The highest BCUT2D eigenvalue weighted by atomic mass is 32.1. The van der Waals surface area contributed by atoms with E-state index in [1.807, 2.05) is 34.8 Å². The fraction of sp³-hybridized carbons (Fsp3) is 0. The van der Waals surface area contributed by atoms with Crippen molar-refractivity contribution in [3.05, 3.63) is 328 Å². The molecule has 8 heteroatoms. The number of thiophene rings is 2. The maximum Gasteiger partial charge on any atom is 0.235 e. The lowest BCUT2D eigenvalue weighted by Crippen LogP contribution is -2.03. The van der Waals surface area contributed by atoms with E-state index in [-0.39, 0.29) is 0 Å². The molecule has 0 aliphatic carbocycles. The van der Waals surface area contributed by atoms with Gasteiger partial charge in [0.25, 0.3) is 0 Å². The molecule has 0 aliphatic heterocycles. The number of benzene rings is 15. The third-order valence-electron chi connectivity index (χ3n) is 19.6. The molecule has 0 fully saturated rings. The van der Waals surface area contributed by atoms with Gasteiger partial charge in [-0.05, 0) is 140 Å². The topological polar surface area (TPSA) is 61.4 Å². The summed E-state index contributed by atoms with van der Waals surface area (Å²) in [6, 6.07) is 117. The van der Waals surface area contributed by atoms with Crippen LogP contribution in [0.5, 0.6) is 0 Å². The quantitative estimate of drug-likeness (QED) is 0.160. The van der Waals surface area contributed by atoms with E-state index >= 15 is 0 Å². The number of hydrogen-bond donors (Lipinski definition) is 0. The van der Waals surface area contributed by atoms with Crippen molar-refractivity contribution < 1.29 is 0 Å². The molecule has 0 saturated carbocycles. The second kappa shape index (κ2) is 22.6. The zero-order chi connectivity index (χ0) is 64.4. The molecule has 0 saturated heterocycles. The summed E-state index contributed by atoms with van der Waals surface area (Å²) in [6.45, 7) is 0. The maximum absolute atomic E-state index is 5.36. The Bertz CT molecular complexity index is 6800. The summed E-state index contributed by atoms with van der Waals surface area (Å²) >= 11 is 3.71. The van der Waals surface area contributed by atoms with Crippen LogP contribution in [0.1, 0.15) is 0 Å². The molecule has 15 aromatic carbocycles. The lowest BCUT2D eigenvalue weighted by molar-refractivity contribution is 1.01. The Morgan fingerprint density at radius 3 is 1.01 bits per heavy atom. The summed E-state index contributed by atoms with van der Waals surface area (Å²) in [7, 11) is 0. The second-order valence-electron chi connectivity index (χ2n) is 25.2. The average Bonchev–Trinajstić information content (AvgIpc) is 1.58. The minimum absolute atomic E-state index is 0.664. The lowest BCUT2D eigenvalue weighted by atomic mass is 9.97. The van der Waals surface area contributed by atoms with Gasteiger partial charge in [-0.2, -0.15) is 0 Å². The third kappa shape index (κ3) is 9.14. The lowest BCUT2D eigenvalue weighted by Gasteiger charge is -2.12. The predicted octanol–water partition coefficient (Wildman–Crippen LogP) is 24.8. The SMILES string of the molecule is c1ccc(-c2ccc(-c3nc(-n4c5ccccc5c5c6cc(-c7ccc8sc9ccccc9c8c7)ccc6ccc54)nc4ccccc34)cc2)cc1.c1ccc(-c2nc(-n3c4ccccc4c4c5cc(-c6ccc7sc8ccccc8c7c6)ccc5ccc43)nc3ccccc23)cc1. The first kappa shape index (κ1) is 55.9. The summed E-state index contributed by atoms with van der Waals surface area (Å²) in [5, 5.41) is 17.0. The van der Waals surface area contributed by atoms with E-state index in [0.717, 1.165) is 66.4 Å². The molecule has 0 spiro atoms. The molecule has 98 heavy (non-hydrogen) atoms. The summed E-state index contributed by atoms with van der Waals surface area (Å²) in [6.07, 6.45) is 0. The summed E-state index contributed by atoms with van der Waals surface area (Å²) in [5.74, 6) is 1.34. The van der Waals surface area contributed by atoms with Crippen molar-refractivity contribution in [1.29, 1.82) is 0 Å². The Labute approximate surface area is 570 Å². The van der Waals surface area contributed by atoms with E-state index in [1.165, 1.54) is 117 Å². The molecule has 0 amide bonds. The molecular weight excluding hydrogens is 1230 g/mol. The molecule has 0 N–H and O–H groups in total. The Morgan fingerprint density at radius 2 is 0.531 bits per heavy atom. The van der Waals surface area contributed by atoms with Gasteiger partial charge in [0, 0.05) is 83.8 Å². The molecule has 6 nitrogen and oxygen atoms in total. The van der Waals surface area contributed by atoms with Crippen LogP contribution in [0.15, 0.2) is 328 Å². The van der Waals surface area contributed by atoms with Crippen LogP contribution < -0.4 is 0 Å². The fourth-order valence-electron chi connectivity index (χ4n) is 15.0. The van der Waals surface area contributed by atoms with Gasteiger partial charge in [0.05, 0.1) is 44.5 Å². The van der Waals surface area contributed by atoms with Crippen molar-refractivity contribution in [3.63, 3.8) is 0 Å². The van der Waals surface area contributed by atoms with Crippen LogP contribution in [-0.2, 0) is 0 Å². The predicted molar refractivity (Wildman–Crippen MR) is 416 cm³/mol. The van der Waals surface area contributed by atoms with Crippen molar-refractivity contribution in [1.82, 2.24) is 29.1 Å². The maximum atomic E-state index is 5.36. The first-order valence-corrected chi connectivity index (χ1v) is 34.7. The molecule has 456 valence electrons. The Balaban J connectivity index is 0.000000134. The summed E-state index contributed by atoms with van der Waals surface area (Å²) in [4.78, 5) is 21.0. The van der Waals surface area contributed by atoms with Crippen LogP contribution in [0, 0.1) is 0 Å². The largest absolute Gasteiger partial charge is 0.278 e. The van der Waals surface area contributed by atoms with E-state index in [9.17, 15) is 0 Å². The zero-order valence-electron chi connectivity index (χ0n) is 52.7. The van der Waals surface area contributed by atoms with Crippen LogP contribution in [0.4, 0.5) is 0 Å². The van der Waals surface area contributed by atoms with Crippen molar-refractivity contribution in [2.24, 2.45) is 0 Å². The molecule has 0 radical (unpaired) electrons. The molecular formula is C90H54N6S2.